The Labute approximate surface area is 124 Å². The van der Waals surface area contributed by atoms with E-state index in [1.807, 2.05) is 18.2 Å². The Balaban J connectivity index is 2.11. The van der Waals surface area contributed by atoms with E-state index in [1.54, 1.807) is 12.1 Å². The van der Waals surface area contributed by atoms with Gasteiger partial charge in [-0.2, -0.15) is 0 Å². The van der Waals surface area contributed by atoms with Crippen molar-refractivity contribution in [2.45, 2.75) is 13.2 Å². The first kappa shape index (κ1) is 14.5. The third-order valence-corrected chi connectivity index (χ3v) is 3.42. The number of hydrogen-bond acceptors (Lipinski definition) is 4. The van der Waals surface area contributed by atoms with Crippen molar-refractivity contribution in [1.29, 1.82) is 0 Å². The molecule has 104 valence electrons. The largest absolute Gasteiger partial charge is 0.487 e. The highest BCUT2D eigenvalue weighted by Gasteiger charge is 2.08. The van der Waals surface area contributed by atoms with E-state index in [0.29, 0.717) is 18.9 Å². The third kappa shape index (κ3) is 3.34. The zero-order valence-electron chi connectivity index (χ0n) is 10.6. The molecule has 0 spiro atoms. The Morgan fingerprint density at radius 2 is 1.90 bits per heavy atom. The summed E-state index contributed by atoms with van der Waals surface area (Å²) < 4.78 is 6.58. The van der Waals surface area contributed by atoms with Crippen LogP contribution in [0.5, 0.6) is 5.75 Å². The number of rotatable bonds is 5. The number of non-ortho nitro benzene ring substituents is 1. The zero-order chi connectivity index (χ0) is 14.5. The molecule has 0 bridgehead atoms. The molecule has 0 fully saturated rings. The van der Waals surface area contributed by atoms with E-state index in [4.69, 9.17) is 10.5 Å². The molecular weight excluding hydrogens is 324 g/mol. The van der Waals surface area contributed by atoms with Gasteiger partial charge in [-0.25, -0.2) is 0 Å². The Morgan fingerprint density at radius 3 is 2.50 bits per heavy atom. The molecule has 5 nitrogen and oxygen atoms in total. The van der Waals surface area contributed by atoms with Crippen molar-refractivity contribution in [2.75, 3.05) is 0 Å². The Morgan fingerprint density at radius 1 is 1.20 bits per heavy atom. The van der Waals surface area contributed by atoms with Crippen molar-refractivity contribution < 1.29 is 9.66 Å². The summed E-state index contributed by atoms with van der Waals surface area (Å²) in [4.78, 5) is 10.1. The van der Waals surface area contributed by atoms with Gasteiger partial charge >= 0.3 is 0 Å². The maximum Gasteiger partial charge on any atom is 0.269 e. The van der Waals surface area contributed by atoms with Gasteiger partial charge in [0.2, 0.25) is 0 Å². The molecule has 0 saturated carbocycles. The van der Waals surface area contributed by atoms with Crippen molar-refractivity contribution in [3.05, 3.63) is 68.2 Å². The van der Waals surface area contributed by atoms with Gasteiger partial charge in [-0.05, 0) is 39.7 Å². The van der Waals surface area contributed by atoms with Gasteiger partial charge in [0.05, 0.1) is 9.40 Å². The summed E-state index contributed by atoms with van der Waals surface area (Å²) in [6.07, 6.45) is 0. The van der Waals surface area contributed by atoms with E-state index in [0.717, 1.165) is 15.6 Å². The van der Waals surface area contributed by atoms with E-state index in [1.165, 1.54) is 12.1 Å². The second-order valence-corrected chi connectivity index (χ2v) is 5.00. The molecule has 2 aromatic carbocycles. The fraction of sp³-hybridized carbons (Fsp3) is 0.143. The molecule has 6 heteroatoms. The maximum absolute atomic E-state index is 10.6. The lowest BCUT2D eigenvalue weighted by atomic mass is 10.2. The smallest absolute Gasteiger partial charge is 0.269 e. The summed E-state index contributed by atoms with van der Waals surface area (Å²) in [5, 5.41) is 10.6. The SMILES string of the molecule is NCc1cccc(Br)c1OCc1ccc([N+](=O)[O-])cc1. The third-order valence-electron chi connectivity index (χ3n) is 2.80. The van der Waals surface area contributed by atoms with Gasteiger partial charge in [0.15, 0.2) is 0 Å². The highest BCUT2D eigenvalue weighted by atomic mass is 79.9. The lowest BCUT2D eigenvalue weighted by Crippen LogP contribution is -2.03. The van der Waals surface area contributed by atoms with Crippen LogP contribution in [-0.2, 0) is 13.2 Å². The van der Waals surface area contributed by atoms with E-state index in [9.17, 15) is 10.1 Å². The minimum Gasteiger partial charge on any atom is -0.487 e. The fourth-order valence-electron chi connectivity index (χ4n) is 1.75. The molecule has 0 aliphatic heterocycles. The van der Waals surface area contributed by atoms with Crippen LogP contribution in [0.1, 0.15) is 11.1 Å². The number of ether oxygens (including phenoxy) is 1. The predicted molar refractivity (Wildman–Crippen MR) is 79.5 cm³/mol. The number of halogens is 1. The highest BCUT2D eigenvalue weighted by Crippen LogP contribution is 2.29. The van der Waals surface area contributed by atoms with E-state index in [-0.39, 0.29) is 5.69 Å². The quantitative estimate of drug-likeness (QED) is 0.670. The molecule has 2 N–H and O–H groups in total. The molecule has 0 atom stereocenters. The first-order chi connectivity index (χ1) is 9.61. The van der Waals surface area contributed by atoms with Crippen LogP contribution in [0, 0.1) is 10.1 Å². The number of hydrogen-bond donors (Lipinski definition) is 1. The van der Waals surface area contributed by atoms with Crippen LogP contribution in [0.15, 0.2) is 46.9 Å². The Kier molecular flexibility index (Phi) is 4.70. The van der Waals surface area contributed by atoms with E-state index >= 15 is 0 Å². The van der Waals surface area contributed by atoms with Crippen molar-refractivity contribution in [1.82, 2.24) is 0 Å². The Hall–Kier alpha value is -1.92. The summed E-state index contributed by atoms with van der Waals surface area (Å²) in [7, 11) is 0. The molecule has 2 aromatic rings. The molecule has 20 heavy (non-hydrogen) atoms. The molecule has 0 radical (unpaired) electrons. The molecule has 0 amide bonds. The predicted octanol–water partition coefficient (Wildman–Crippen LogP) is 3.40. The maximum atomic E-state index is 10.6. The van der Waals surface area contributed by atoms with E-state index < -0.39 is 4.92 Å². The molecule has 0 aliphatic carbocycles. The van der Waals surface area contributed by atoms with Gasteiger partial charge in [0.25, 0.3) is 5.69 Å². The topological polar surface area (TPSA) is 78.4 Å². The van der Waals surface area contributed by atoms with Gasteiger partial charge in [-0.3, -0.25) is 10.1 Å². The van der Waals surface area contributed by atoms with Crippen LogP contribution in [0.4, 0.5) is 5.69 Å². The summed E-state index contributed by atoms with van der Waals surface area (Å²) in [6, 6.07) is 11.9. The van der Waals surface area contributed by atoms with Crippen LogP contribution in [0.2, 0.25) is 0 Å². The molecule has 0 aliphatic rings. The number of nitro benzene ring substituents is 1. The summed E-state index contributed by atoms with van der Waals surface area (Å²) in [6.45, 7) is 0.711. The molecule has 2 rings (SSSR count). The average molecular weight is 337 g/mol. The normalized spacial score (nSPS) is 10.3. The van der Waals surface area contributed by atoms with Gasteiger partial charge in [-0.1, -0.05) is 12.1 Å². The zero-order valence-corrected chi connectivity index (χ0v) is 12.2. The monoisotopic (exact) mass is 336 g/mol. The first-order valence-electron chi connectivity index (χ1n) is 5.95. The molecule has 0 saturated heterocycles. The molecular formula is C14H13BrN2O3. The summed E-state index contributed by atoms with van der Waals surface area (Å²) >= 11 is 3.42. The number of nitrogens with two attached hydrogens (primary N) is 1. The number of nitro groups is 1. The molecule has 0 aromatic heterocycles. The van der Waals surface area contributed by atoms with Gasteiger partial charge in [0.1, 0.15) is 12.4 Å². The van der Waals surface area contributed by atoms with Gasteiger partial charge in [-0.15, -0.1) is 0 Å². The summed E-state index contributed by atoms with van der Waals surface area (Å²) in [5.41, 5.74) is 7.49. The Bertz CT molecular complexity index is 614. The van der Waals surface area contributed by atoms with Gasteiger partial charge < -0.3 is 10.5 Å². The summed E-state index contributed by atoms with van der Waals surface area (Å²) in [5.74, 6) is 0.702. The minimum absolute atomic E-state index is 0.0669. The van der Waals surface area contributed by atoms with Crippen LogP contribution >= 0.6 is 15.9 Å². The molecule has 0 heterocycles. The second kappa shape index (κ2) is 6.49. The fourth-order valence-corrected chi connectivity index (χ4v) is 2.27. The average Bonchev–Trinajstić information content (AvgIpc) is 2.46. The van der Waals surface area contributed by atoms with Crippen molar-refractivity contribution >= 4 is 21.6 Å². The number of nitrogens with zero attached hydrogens (tertiary/aromatic N) is 1. The second-order valence-electron chi connectivity index (χ2n) is 4.14. The van der Waals surface area contributed by atoms with Crippen LogP contribution in [-0.4, -0.2) is 4.92 Å². The van der Waals surface area contributed by atoms with Crippen molar-refractivity contribution in [3.8, 4) is 5.75 Å². The van der Waals surface area contributed by atoms with Gasteiger partial charge in [0, 0.05) is 24.2 Å². The van der Waals surface area contributed by atoms with Crippen LogP contribution in [0.3, 0.4) is 0 Å². The molecule has 0 unspecified atom stereocenters. The van der Waals surface area contributed by atoms with Crippen LogP contribution < -0.4 is 10.5 Å². The minimum atomic E-state index is -0.426. The highest BCUT2D eigenvalue weighted by molar-refractivity contribution is 9.10. The number of benzene rings is 2. The van der Waals surface area contributed by atoms with Crippen molar-refractivity contribution in [3.63, 3.8) is 0 Å². The first-order valence-corrected chi connectivity index (χ1v) is 6.74. The van der Waals surface area contributed by atoms with Crippen molar-refractivity contribution in [2.24, 2.45) is 5.73 Å². The lowest BCUT2D eigenvalue weighted by Gasteiger charge is -2.12. The standard InChI is InChI=1S/C14H13BrN2O3/c15-13-3-1-2-11(8-16)14(13)20-9-10-4-6-12(7-5-10)17(18)19/h1-7H,8-9,16H2. The van der Waals surface area contributed by atoms with Crippen LogP contribution in [0.25, 0.3) is 0 Å². The lowest BCUT2D eigenvalue weighted by molar-refractivity contribution is -0.384. The van der Waals surface area contributed by atoms with E-state index in [2.05, 4.69) is 15.9 Å². The number of para-hydroxylation sites is 1.